The highest BCUT2D eigenvalue weighted by Gasteiger charge is 2.23. The zero-order valence-corrected chi connectivity index (χ0v) is 17.1. The Balaban J connectivity index is 2.30. The van der Waals surface area contributed by atoms with Crippen molar-refractivity contribution < 1.29 is 17.9 Å². The molecule has 0 saturated heterocycles. The van der Waals surface area contributed by atoms with Crippen molar-refractivity contribution in [1.29, 1.82) is 0 Å². The van der Waals surface area contributed by atoms with Crippen LogP contribution in [0.25, 0.3) is 0 Å². The molecule has 0 aliphatic carbocycles. The molecule has 0 fully saturated rings. The zero-order valence-electron chi connectivity index (χ0n) is 16.3. The zero-order chi connectivity index (χ0) is 20.2. The maximum atomic E-state index is 12.9. The summed E-state index contributed by atoms with van der Waals surface area (Å²) in [4.78, 5) is 12.6. The summed E-state index contributed by atoms with van der Waals surface area (Å²) in [5, 5.41) is 2.95. The lowest BCUT2D eigenvalue weighted by atomic mass is 10.0. The van der Waals surface area contributed by atoms with E-state index in [1.807, 2.05) is 20.8 Å². The van der Waals surface area contributed by atoms with Gasteiger partial charge in [0.2, 0.25) is 0 Å². The molecule has 0 saturated carbocycles. The average Bonchev–Trinajstić information content (AvgIpc) is 2.67. The fraction of sp³-hybridized carbons (Fsp3) is 0.350. The molecule has 1 N–H and O–H groups in total. The fourth-order valence-corrected chi connectivity index (χ4v) is 3.54. The van der Waals surface area contributed by atoms with E-state index in [1.54, 1.807) is 36.4 Å². The van der Waals surface area contributed by atoms with Crippen LogP contribution in [0.2, 0.25) is 0 Å². The van der Waals surface area contributed by atoms with Crippen molar-refractivity contribution in [1.82, 2.24) is 5.32 Å². The molecule has 2 rings (SSSR count). The molecular weight excluding hydrogens is 364 g/mol. The minimum absolute atomic E-state index is 0.146. The van der Waals surface area contributed by atoms with Gasteiger partial charge in [0, 0.05) is 18.2 Å². The summed E-state index contributed by atoms with van der Waals surface area (Å²) >= 11 is 0. The number of amides is 1. The summed E-state index contributed by atoms with van der Waals surface area (Å²) in [6.45, 7) is 5.87. The molecule has 0 bridgehead atoms. The number of hydrogen-bond donors (Lipinski definition) is 1. The minimum Gasteiger partial charge on any atom is -0.497 e. The highest BCUT2D eigenvalue weighted by molar-refractivity contribution is 7.92. The van der Waals surface area contributed by atoms with Crippen molar-refractivity contribution >= 4 is 21.6 Å². The van der Waals surface area contributed by atoms with Gasteiger partial charge in [0.25, 0.3) is 15.9 Å². The summed E-state index contributed by atoms with van der Waals surface area (Å²) < 4.78 is 32.0. The van der Waals surface area contributed by atoms with Gasteiger partial charge in [-0.3, -0.25) is 9.10 Å². The number of rotatable bonds is 7. The van der Waals surface area contributed by atoms with Gasteiger partial charge in [-0.2, -0.15) is 0 Å². The van der Waals surface area contributed by atoms with Gasteiger partial charge < -0.3 is 10.1 Å². The number of sulfonamides is 1. The SMILES string of the molecule is CCC(C)(C)NC(=O)c1cccc(N(C)S(=O)(=O)c2ccc(OC)cc2)c1. The van der Waals surface area contributed by atoms with E-state index >= 15 is 0 Å². The standard InChI is InChI=1S/C20H26N2O4S/c1-6-20(2,3)21-19(23)15-8-7-9-16(14-15)22(4)27(24,25)18-12-10-17(26-5)11-13-18/h7-14H,6H2,1-5H3,(H,21,23). The number of methoxy groups -OCH3 is 1. The molecule has 0 unspecified atom stereocenters. The molecule has 1 amide bonds. The van der Waals surface area contributed by atoms with Crippen LogP contribution < -0.4 is 14.4 Å². The van der Waals surface area contributed by atoms with Crippen molar-refractivity contribution in [2.24, 2.45) is 0 Å². The normalized spacial score (nSPS) is 11.7. The molecule has 0 aliphatic heterocycles. The molecule has 27 heavy (non-hydrogen) atoms. The highest BCUT2D eigenvalue weighted by Crippen LogP contribution is 2.24. The fourth-order valence-electron chi connectivity index (χ4n) is 2.36. The molecule has 0 radical (unpaired) electrons. The van der Waals surface area contributed by atoms with Crippen LogP contribution in [0.5, 0.6) is 5.75 Å². The van der Waals surface area contributed by atoms with Gasteiger partial charge in [-0.1, -0.05) is 13.0 Å². The third kappa shape index (κ3) is 4.80. The molecule has 2 aromatic rings. The smallest absolute Gasteiger partial charge is 0.264 e. The van der Waals surface area contributed by atoms with Crippen LogP contribution in [-0.2, 0) is 10.0 Å². The van der Waals surface area contributed by atoms with Crippen molar-refractivity contribution in [3.05, 3.63) is 54.1 Å². The molecule has 0 atom stereocenters. The largest absolute Gasteiger partial charge is 0.497 e. The van der Waals surface area contributed by atoms with Crippen molar-refractivity contribution in [2.45, 2.75) is 37.6 Å². The Morgan fingerprint density at radius 3 is 2.33 bits per heavy atom. The first-order valence-electron chi connectivity index (χ1n) is 8.66. The maximum absolute atomic E-state index is 12.9. The molecule has 146 valence electrons. The van der Waals surface area contributed by atoms with Gasteiger partial charge in [0.15, 0.2) is 0 Å². The van der Waals surface area contributed by atoms with Crippen LogP contribution in [0, 0.1) is 0 Å². The van der Waals surface area contributed by atoms with Gasteiger partial charge >= 0.3 is 0 Å². The lowest BCUT2D eigenvalue weighted by Crippen LogP contribution is -2.42. The molecule has 0 aromatic heterocycles. The summed E-state index contributed by atoms with van der Waals surface area (Å²) in [6, 6.07) is 12.7. The van der Waals surface area contributed by atoms with Crippen molar-refractivity contribution in [3.8, 4) is 5.75 Å². The average molecular weight is 391 g/mol. The number of nitrogens with one attached hydrogen (secondary N) is 1. The van der Waals surface area contributed by atoms with E-state index in [2.05, 4.69) is 5.32 Å². The Morgan fingerprint density at radius 2 is 1.78 bits per heavy atom. The lowest BCUT2D eigenvalue weighted by Gasteiger charge is -2.25. The number of nitrogens with zero attached hydrogens (tertiary/aromatic N) is 1. The second-order valence-corrected chi connectivity index (χ2v) is 8.86. The van der Waals surface area contributed by atoms with Crippen molar-refractivity contribution in [3.63, 3.8) is 0 Å². The van der Waals surface area contributed by atoms with Crippen LogP contribution in [-0.4, -0.2) is 34.0 Å². The van der Waals surface area contributed by atoms with Crippen LogP contribution in [0.15, 0.2) is 53.4 Å². The van der Waals surface area contributed by atoms with E-state index in [4.69, 9.17) is 4.74 Å². The topological polar surface area (TPSA) is 75.7 Å². The van der Waals surface area contributed by atoms with E-state index in [1.165, 1.54) is 26.3 Å². The first kappa shape index (κ1) is 20.8. The highest BCUT2D eigenvalue weighted by atomic mass is 32.2. The number of carbonyl (C=O) groups excluding carboxylic acids is 1. The number of ether oxygens (including phenoxy) is 1. The summed E-state index contributed by atoms with van der Waals surface area (Å²) in [7, 11) is -0.769. The Hall–Kier alpha value is -2.54. The molecule has 0 aliphatic rings. The van der Waals surface area contributed by atoms with Gasteiger partial charge in [0.05, 0.1) is 17.7 Å². The summed E-state index contributed by atoms with van der Waals surface area (Å²) in [5.41, 5.74) is 0.479. The number of anilines is 1. The van der Waals surface area contributed by atoms with E-state index in [0.29, 0.717) is 17.0 Å². The van der Waals surface area contributed by atoms with E-state index in [-0.39, 0.29) is 16.3 Å². The Morgan fingerprint density at radius 1 is 1.15 bits per heavy atom. The molecule has 0 spiro atoms. The maximum Gasteiger partial charge on any atom is 0.264 e. The van der Waals surface area contributed by atoms with Crippen LogP contribution >= 0.6 is 0 Å². The third-order valence-electron chi connectivity index (χ3n) is 4.53. The Kier molecular flexibility index (Phi) is 6.15. The lowest BCUT2D eigenvalue weighted by molar-refractivity contribution is 0.0911. The number of benzene rings is 2. The predicted molar refractivity (Wildman–Crippen MR) is 107 cm³/mol. The van der Waals surface area contributed by atoms with Crippen LogP contribution in [0.1, 0.15) is 37.6 Å². The predicted octanol–water partition coefficient (Wildman–Crippen LogP) is 3.44. The third-order valence-corrected chi connectivity index (χ3v) is 6.33. The number of hydrogen-bond acceptors (Lipinski definition) is 4. The Bertz CT molecular complexity index is 906. The van der Waals surface area contributed by atoms with Gasteiger partial charge in [-0.05, 0) is 62.7 Å². The van der Waals surface area contributed by atoms with Gasteiger partial charge in [0.1, 0.15) is 5.75 Å². The molecule has 7 heteroatoms. The second-order valence-electron chi connectivity index (χ2n) is 6.89. The number of carbonyl (C=O) groups is 1. The van der Waals surface area contributed by atoms with Crippen LogP contribution in [0.3, 0.4) is 0 Å². The van der Waals surface area contributed by atoms with Gasteiger partial charge in [-0.25, -0.2) is 8.42 Å². The van der Waals surface area contributed by atoms with E-state index in [9.17, 15) is 13.2 Å². The van der Waals surface area contributed by atoms with Gasteiger partial charge in [-0.15, -0.1) is 0 Å². The minimum atomic E-state index is -3.75. The molecule has 2 aromatic carbocycles. The summed E-state index contributed by atoms with van der Waals surface area (Å²) in [6.07, 6.45) is 0.782. The molecule has 6 nitrogen and oxygen atoms in total. The quantitative estimate of drug-likeness (QED) is 0.786. The van der Waals surface area contributed by atoms with Crippen LogP contribution in [0.4, 0.5) is 5.69 Å². The van der Waals surface area contributed by atoms with E-state index in [0.717, 1.165) is 10.7 Å². The first-order valence-corrected chi connectivity index (χ1v) is 10.1. The first-order chi connectivity index (χ1) is 12.6. The monoisotopic (exact) mass is 390 g/mol. The second kappa shape index (κ2) is 8.00. The molecular formula is C20H26N2O4S. The van der Waals surface area contributed by atoms with Crippen molar-refractivity contribution in [2.75, 3.05) is 18.5 Å². The Labute approximate surface area is 161 Å². The molecule has 0 heterocycles. The van der Waals surface area contributed by atoms with E-state index < -0.39 is 10.0 Å². The summed E-state index contributed by atoms with van der Waals surface area (Å²) in [5.74, 6) is 0.341.